The number of ether oxygens (including phenoxy) is 2. The minimum absolute atomic E-state index is 0.0790. The van der Waals surface area contributed by atoms with E-state index < -0.39 is 21.1 Å². The van der Waals surface area contributed by atoms with Gasteiger partial charge < -0.3 is 19.5 Å². The molecule has 32 heavy (non-hydrogen) atoms. The number of benzene rings is 2. The Balaban J connectivity index is 1.75. The van der Waals surface area contributed by atoms with Gasteiger partial charge in [-0.15, -0.1) is 0 Å². The van der Waals surface area contributed by atoms with E-state index in [9.17, 15) is 23.6 Å². The first kappa shape index (κ1) is 22.3. The highest BCUT2D eigenvalue weighted by molar-refractivity contribution is 7.89. The van der Waals surface area contributed by atoms with Crippen molar-refractivity contribution in [3.8, 4) is 11.5 Å². The second kappa shape index (κ2) is 8.57. The van der Waals surface area contributed by atoms with E-state index in [2.05, 4.69) is 0 Å². The van der Waals surface area contributed by atoms with E-state index in [-0.39, 0.29) is 29.4 Å². The molecule has 0 amide bonds. The summed E-state index contributed by atoms with van der Waals surface area (Å²) in [5.74, 6) is 1.04. The molecule has 2 aromatic carbocycles. The highest BCUT2D eigenvalue weighted by atomic mass is 32.2. The minimum atomic E-state index is -3.80. The van der Waals surface area contributed by atoms with Crippen molar-refractivity contribution >= 4 is 21.4 Å². The van der Waals surface area contributed by atoms with Crippen LogP contribution in [0.3, 0.4) is 0 Å². The molecule has 1 N–H and O–H groups in total. The van der Waals surface area contributed by atoms with Crippen molar-refractivity contribution in [3.63, 3.8) is 0 Å². The molecule has 0 saturated carbocycles. The summed E-state index contributed by atoms with van der Waals surface area (Å²) in [5.41, 5.74) is 1.14. The lowest BCUT2D eigenvalue weighted by atomic mass is 9.94. The molecular weight excluding hydrogens is 438 g/mol. The molecule has 0 aromatic heterocycles. The van der Waals surface area contributed by atoms with Crippen molar-refractivity contribution in [2.24, 2.45) is 0 Å². The van der Waals surface area contributed by atoms with Crippen molar-refractivity contribution < 1.29 is 27.9 Å². The van der Waals surface area contributed by atoms with Crippen LogP contribution < -0.4 is 14.4 Å². The Hall–Kier alpha value is -2.89. The molecule has 0 bridgehead atoms. The lowest BCUT2D eigenvalue weighted by molar-refractivity contribution is -0.384. The number of nitro groups is 1. The Morgan fingerprint density at radius 1 is 1.09 bits per heavy atom. The maximum atomic E-state index is 12.9. The molecule has 0 unspecified atom stereocenters. The standard InChI is InChI=1S/C21H25N3O7S/c1-30-19-7-8-20(31-2)21-15(19)12-22(13-18(21)25)16-6-5-14(11-17(16)24(26)27)32(28,29)23-9-3-4-10-23/h5-8,11,18,25H,3-4,9-10,12-13H2,1-2H3/t18-/m0/s1. The average molecular weight is 464 g/mol. The highest BCUT2D eigenvalue weighted by Crippen LogP contribution is 2.43. The van der Waals surface area contributed by atoms with Gasteiger partial charge in [-0.05, 0) is 37.1 Å². The van der Waals surface area contributed by atoms with Gasteiger partial charge in [0.1, 0.15) is 23.3 Å². The van der Waals surface area contributed by atoms with Crippen LogP contribution >= 0.6 is 0 Å². The Labute approximate surface area is 186 Å². The van der Waals surface area contributed by atoms with Crippen molar-refractivity contribution in [2.75, 3.05) is 38.8 Å². The Morgan fingerprint density at radius 3 is 2.38 bits per heavy atom. The van der Waals surface area contributed by atoms with Crippen LogP contribution in [0.5, 0.6) is 11.5 Å². The van der Waals surface area contributed by atoms with Crippen molar-refractivity contribution in [1.82, 2.24) is 4.31 Å². The number of β-amino-alcohol motifs (C(OH)–C–C–N with tert-alkyl or cyclic N) is 1. The van der Waals surface area contributed by atoms with E-state index in [0.29, 0.717) is 35.7 Å². The normalized spacial score (nSPS) is 19.0. The van der Waals surface area contributed by atoms with Crippen LogP contribution in [0.1, 0.15) is 30.1 Å². The van der Waals surface area contributed by atoms with Crippen LogP contribution in [0.2, 0.25) is 0 Å². The van der Waals surface area contributed by atoms with Crippen LogP contribution in [0.15, 0.2) is 35.2 Å². The molecule has 1 fully saturated rings. The second-order valence-corrected chi connectivity index (χ2v) is 9.72. The van der Waals surface area contributed by atoms with Gasteiger partial charge in [0.2, 0.25) is 10.0 Å². The first-order chi connectivity index (χ1) is 15.3. The van der Waals surface area contributed by atoms with E-state index in [4.69, 9.17) is 9.47 Å². The molecule has 0 aliphatic carbocycles. The number of sulfonamides is 1. The van der Waals surface area contributed by atoms with Gasteiger partial charge >= 0.3 is 0 Å². The third-order valence-electron chi connectivity index (χ3n) is 5.98. The van der Waals surface area contributed by atoms with Gasteiger partial charge in [0.25, 0.3) is 5.69 Å². The van der Waals surface area contributed by atoms with Gasteiger partial charge in [0, 0.05) is 43.4 Å². The van der Waals surface area contributed by atoms with E-state index in [1.54, 1.807) is 17.0 Å². The van der Waals surface area contributed by atoms with Gasteiger partial charge in [-0.25, -0.2) is 8.42 Å². The maximum absolute atomic E-state index is 12.9. The number of nitrogens with zero attached hydrogens (tertiary/aromatic N) is 3. The van der Waals surface area contributed by atoms with Crippen molar-refractivity contribution in [2.45, 2.75) is 30.4 Å². The minimum Gasteiger partial charge on any atom is -0.496 e. The zero-order valence-electron chi connectivity index (χ0n) is 17.9. The predicted octanol–water partition coefficient (Wildman–Crippen LogP) is 2.45. The first-order valence-corrected chi connectivity index (χ1v) is 11.7. The highest BCUT2D eigenvalue weighted by Gasteiger charge is 2.34. The van der Waals surface area contributed by atoms with E-state index in [1.807, 2.05) is 0 Å². The SMILES string of the molecule is COc1ccc(OC)c2c1CN(c1ccc(S(=O)(=O)N3CCCC3)cc1[N+](=O)[O-])C[C@@H]2O. The van der Waals surface area contributed by atoms with Crippen LogP contribution in [0, 0.1) is 10.1 Å². The van der Waals surface area contributed by atoms with Crippen molar-refractivity contribution in [3.05, 3.63) is 51.6 Å². The van der Waals surface area contributed by atoms with Crippen LogP contribution in [-0.4, -0.2) is 56.6 Å². The molecule has 2 aliphatic heterocycles. The molecule has 1 atom stereocenters. The number of rotatable bonds is 6. The number of anilines is 1. The van der Waals surface area contributed by atoms with E-state index >= 15 is 0 Å². The lowest BCUT2D eigenvalue weighted by Gasteiger charge is -2.35. The van der Waals surface area contributed by atoms with E-state index in [0.717, 1.165) is 18.9 Å². The summed E-state index contributed by atoms with van der Waals surface area (Å²) in [5, 5.41) is 22.7. The average Bonchev–Trinajstić information content (AvgIpc) is 3.33. The number of aliphatic hydroxyl groups excluding tert-OH is 1. The molecule has 1 saturated heterocycles. The third kappa shape index (κ3) is 3.76. The number of hydrogen-bond donors (Lipinski definition) is 1. The molecule has 0 spiro atoms. The molecule has 11 heteroatoms. The topological polar surface area (TPSA) is 122 Å². The summed E-state index contributed by atoms with van der Waals surface area (Å²) in [7, 11) is -0.784. The monoisotopic (exact) mass is 463 g/mol. The van der Waals surface area contributed by atoms with Crippen LogP contribution in [-0.2, 0) is 16.6 Å². The summed E-state index contributed by atoms with van der Waals surface area (Å²) in [6.07, 6.45) is 0.572. The largest absolute Gasteiger partial charge is 0.496 e. The molecule has 0 radical (unpaired) electrons. The number of hydrogen-bond acceptors (Lipinski definition) is 8. The number of fused-ring (bicyclic) bond motifs is 1. The van der Waals surface area contributed by atoms with Crippen molar-refractivity contribution in [1.29, 1.82) is 0 Å². The summed E-state index contributed by atoms with van der Waals surface area (Å²) >= 11 is 0. The van der Waals surface area contributed by atoms with Crippen LogP contribution in [0.25, 0.3) is 0 Å². The molecule has 4 rings (SSSR count). The third-order valence-corrected chi connectivity index (χ3v) is 7.87. The fourth-order valence-corrected chi connectivity index (χ4v) is 5.95. The summed E-state index contributed by atoms with van der Waals surface area (Å²) < 4.78 is 37.9. The quantitative estimate of drug-likeness (QED) is 0.512. The lowest BCUT2D eigenvalue weighted by Crippen LogP contribution is -2.34. The van der Waals surface area contributed by atoms with E-state index in [1.165, 1.54) is 30.7 Å². The first-order valence-electron chi connectivity index (χ1n) is 10.2. The van der Waals surface area contributed by atoms with Crippen LogP contribution in [0.4, 0.5) is 11.4 Å². The Bertz CT molecular complexity index is 1150. The van der Waals surface area contributed by atoms with Gasteiger partial charge in [-0.2, -0.15) is 4.31 Å². The summed E-state index contributed by atoms with van der Waals surface area (Å²) in [6.45, 7) is 1.13. The summed E-state index contributed by atoms with van der Waals surface area (Å²) in [6, 6.07) is 7.35. The molecule has 10 nitrogen and oxygen atoms in total. The summed E-state index contributed by atoms with van der Waals surface area (Å²) in [4.78, 5) is 12.8. The van der Waals surface area contributed by atoms with Gasteiger partial charge in [-0.1, -0.05) is 0 Å². The fraction of sp³-hybridized carbons (Fsp3) is 0.429. The van der Waals surface area contributed by atoms with Gasteiger partial charge in [0.15, 0.2) is 0 Å². The van der Waals surface area contributed by atoms with Gasteiger partial charge in [-0.3, -0.25) is 10.1 Å². The number of methoxy groups -OCH3 is 2. The molecule has 2 heterocycles. The number of nitro benzene ring substituents is 1. The predicted molar refractivity (Wildman–Crippen MR) is 117 cm³/mol. The maximum Gasteiger partial charge on any atom is 0.293 e. The molecule has 172 valence electrons. The zero-order valence-corrected chi connectivity index (χ0v) is 18.7. The Morgan fingerprint density at radius 2 is 1.75 bits per heavy atom. The second-order valence-electron chi connectivity index (χ2n) is 7.78. The molecular formula is C21H25N3O7S. The molecule has 2 aromatic rings. The molecule has 2 aliphatic rings. The zero-order chi connectivity index (χ0) is 23.0. The van der Waals surface area contributed by atoms with Gasteiger partial charge in [0.05, 0.1) is 24.0 Å². The fourth-order valence-electron chi connectivity index (χ4n) is 4.41. The number of aliphatic hydroxyl groups is 1. The Kier molecular flexibility index (Phi) is 5.97. The smallest absolute Gasteiger partial charge is 0.293 e.